The van der Waals surface area contributed by atoms with E-state index in [0.717, 1.165) is 0 Å². The number of hydrogen-bond donors (Lipinski definition) is 6. The van der Waals surface area contributed by atoms with Crippen molar-refractivity contribution in [3.63, 3.8) is 0 Å². The molecule has 4 aliphatic rings. The Labute approximate surface area is 234 Å². The number of hydrogen-bond acceptors (Lipinski definition) is 10. The molecule has 1 aromatic rings. The number of rotatable bonds is 3. The Morgan fingerprint density at radius 1 is 1.17 bits per heavy atom. The number of carbonyl (C=O) groups is 4. The summed E-state index contributed by atoms with van der Waals surface area (Å²) in [6.07, 6.45) is -0.346. The van der Waals surface area contributed by atoms with Gasteiger partial charge in [0.25, 0.3) is 5.91 Å². The molecule has 7 N–H and O–H groups in total. The molecule has 0 radical (unpaired) electrons. The first-order valence-electron chi connectivity index (χ1n) is 13.3. The van der Waals surface area contributed by atoms with Gasteiger partial charge in [0.15, 0.2) is 17.1 Å². The highest BCUT2D eigenvalue weighted by atomic mass is 19.1. The van der Waals surface area contributed by atoms with Gasteiger partial charge < -0.3 is 31.5 Å². The molecule has 1 aromatic carbocycles. The van der Waals surface area contributed by atoms with E-state index < -0.39 is 92.7 Å². The first-order chi connectivity index (χ1) is 19.0. The normalized spacial score (nSPS) is 30.1. The van der Waals surface area contributed by atoms with E-state index in [9.17, 15) is 39.6 Å². The van der Waals surface area contributed by atoms with Crippen molar-refractivity contribution in [2.75, 3.05) is 26.5 Å². The molecule has 220 valence electrons. The highest BCUT2D eigenvalue weighted by Gasteiger charge is 2.64. The number of phenols is 1. The number of ketones is 2. The summed E-state index contributed by atoms with van der Waals surface area (Å²) >= 11 is 0. The minimum Gasteiger partial charge on any atom is -0.508 e. The molecule has 1 fully saturated rings. The minimum atomic E-state index is -2.80. The van der Waals surface area contributed by atoms with Gasteiger partial charge in [-0.05, 0) is 45.8 Å². The summed E-state index contributed by atoms with van der Waals surface area (Å²) in [6, 6.07) is -1.88. The number of aromatic hydroxyl groups is 1. The van der Waals surface area contributed by atoms with E-state index in [0.29, 0.717) is 0 Å². The van der Waals surface area contributed by atoms with Gasteiger partial charge in [-0.2, -0.15) is 0 Å². The number of nitrogens with one attached hydrogen (secondary N) is 1. The number of halogens is 1. The Balaban J connectivity index is 1.72. The smallest absolute Gasteiger partial charge is 0.255 e. The number of anilines is 1. The number of benzene rings is 1. The number of likely N-dealkylation sites (N-methyl/N-ethyl adjacent to an activating group) is 2. The molecule has 0 bridgehead atoms. The fraction of sp³-hybridized carbons (Fsp3) is 0.500. The fourth-order valence-corrected chi connectivity index (χ4v) is 7.23. The summed E-state index contributed by atoms with van der Waals surface area (Å²) in [4.78, 5) is 55.3. The summed E-state index contributed by atoms with van der Waals surface area (Å²) in [5.41, 5.74) is 0.493. The first-order valence-corrected chi connectivity index (χ1v) is 13.3. The topological polar surface area (TPSA) is 194 Å². The van der Waals surface area contributed by atoms with Crippen LogP contribution < -0.4 is 11.1 Å². The summed E-state index contributed by atoms with van der Waals surface area (Å²) in [6.45, 7) is 3.63. The maximum Gasteiger partial charge on any atom is 0.255 e. The molecular formula is C28H33FN4O8. The van der Waals surface area contributed by atoms with Crippen LogP contribution in [0.1, 0.15) is 37.0 Å². The molecule has 1 aliphatic heterocycles. The van der Waals surface area contributed by atoms with Crippen molar-refractivity contribution in [1.29, 1.82) is 0 Å². The number of fused-ring (bicyclic) bond motifs is 4. The van der Waals surface area contributed by atoms with Gasteiger partial charge in [-0.15, -0.1) is 0 Å². The highest BCUT2D eigenvalue weighted by Crippen LogP contribution is 2.54. The summed E-state index contributed by atoms with van der Waals surface area (Å²) in [5.74, 6) is -9.67. The zero-order chi connectivity index (χ0) is 30.5. The lowest BCUT2D eigenvalue weighted by Crippen LogP contribution is -2.65. The maximum absolute atomic E-state index is 16.2. The number of Topliss-reactive ketones (excluding diaryl/α,β-unsaturated/α-hetero) is 2. The van der Waals surface area contributed by atoms with Crippen molar-refractivity contribution < 1.29 is 44.0 Å². The van der Waals surface area contributed by atoms with Crippen LogP contribution in [0, 0.1) is 23.6 Å². The van der Waals surface area contributed by atoms with Gasteiger partial charge in [0.1, 0.15) is 22.9 Å². The van der Waals surface area contributed by atoms with E-state index in [1.165, 1.54) is 19.0 Å². The number of nitrogens with zero attached hydrogens (tertiary/aromatic N) is 2. The van der Waals surface area contributed by atoms with E-state index >= 15 is 4.39 Å². The van der Waals surface area contributed by atoms with Crippen LogP contribution in [0.5, 0.6) is 5.75 Å². The largest absolute Gasteiger partial charge is 0.508 e. The molecule has 5 atom stereocenters. The molecule has 12 nitrogen and oxygen atoms in total. The molecule has 0 spiro atoms. The number of phenolic OH excluding ortho intramolecular Hbond substituents is 1. The molecule has 3 aliphatic carbocycles. The molecule has 1 saturated carbocycles. The predicted molar refractivity (Wildman–Crippen MR) is 143 cm³/mol. The van der Waals surface area contributed by atoms with Gasteiger partial charge in [0.2, 0.25) is 11.7 Å². The van der Waals surface area contributed by atoms with Crippen molar-refractivity contribution in [3.8, 4) is 5.75 Å². The van der Waals surface area contributed by atoms with Crippen LogP contribution in [0.3, 0.4) is 0 Å². The second-order valence-corrected chi connectivity index (χ2v) is 11.9. The quantitative estimate of drug-likeness (QED) is 0.220. The lowest BCUT2D eigenvalue weighted by molar-refractivity contribution is -0.153. The Morgan fingerprint density at radius 3 is 2.37 bits per heavy atom. The van der Waals surface area contributed by atoms with Crippen LogP contribution in [0.15, 0.2) is 16.9 Å². The molecule has 0 aromatic heterocycles. The maximum atomic E-state index is 16.2. The Hall–Kier alpha value is -3.81. The molecule has 5 rings (SSSR count). The zero-order valence-corrected chi connectivity index (χ0v) is 23.3. The van der Waals surface area contributed by atoms with Gasteiger partial charge in [0, 0.05) is 29.2 Å². The fourth-order valence-electron chi connectivity index (χ4n) is 7.23. The molecule has 1 heterocycles. The van der Waals surface area contributed by atoms with E-state index in [1.54, 1.807) is 11.9 Å². The van der Waals surface area contributed by atoms with Gasteiger partial charge in [0.05, 0.1) is 23.3 Å². The lowest BCUT2D eigenvalue weighted by Gasteiger charge is -2.50. The molecule has 13 heteroatoms. The van der Waals surface area contributed by atoms with Crippen molar-refractivity contribution in [2.24, 2.45) is 23.5 Å². The zero-order valence-electron chi connectivity index (χ0n) is 23.3. The average Bonchev–Trinajstić information content (AvgIpc) is 2.99. The number of primary amides is 1. The van der Waals surface area contributed by atoms with Crippen LogP contribution in [0.25, 0.3) is 5.76 Å². The van der Waals surface area contributed by atoms with Crippen LogP contribution in [-0.4, -0.2) is 92.4 Å². The average molecular weight is 573 g/mol. The van der Waals surface area contributed by atoms with Gasteiger partial charge >= 0.3 is 0 Å². The third-order valence-corrected chi connectivity index (χ3v) is 8.95. The van der Waals surface area contributed by atoms with E-state index in [1.807, 2.05) is 13.8 Å². The molecule has 1 unspecified atom stereocenters. The van der Waals surface area contributed by atoms with Crippen molar-refractivity contribution in [1.82, 2.24) is 9.80 Å². The van der Waals surface area contributed by atoms with Crippen LogP contribution in [-0.2, 0) is 32.1 Å². The summed E-state index contributed by atoms with van der Waals surface area (Å²) < 4.78 is 16.2. The number of amides is 2. The van der Waals surface area contributed by atoms with Gasteiger partial charge in [-0.1, -0.05) is 13.8 Å². The third-order valence-electron chi connectivity index (χ3n) is 8.95. The predicted octanol–water partition coefficient (Wildman–Crippen LogP) is 0.512. The third kappa shape index (κ3) is 3.75. The van der Waals surface area contributed by atoms with Crippen LogP contribution in [0.2, 0.25) is 0 Å². The number of carbonyl (C=O) groups excluding carboxylic acids is 4. The first kappa shape index (κ1) is 28.7. The van der Waals surface area contributed by atoms with Crippen molar-refractivity contribution in [3.05, 3.63) is 39.4 Å². The molecule has 0 saturated heterocycles. The van der Waals surface area contributed by atoms with Gasteiger partial charge in [-0.25, -0.2) is 4.39 Å². The molecule has 41 heavy (non-hydrogen) atoms. The Kier molecular flexibility index (Phi) is 6.56. The summed E-state index contributed by atoms with van der Waals surface area (Å²) in [5, 5.41) is 47.9. The monoisotopic (exact) mass is 572 g/mol. The molecular weight excluding hydrogens is 539 g/mol. The number of aliphatic hydroxyl groups is 3. The van der Waals surface area contributed by atoms with E-state index in [-0.39, 0.29) is 42.1 Å². The Morgan fingerprint density at radius 2 is 1.80 bits per heavy atom. The minimum absolute atomic E-state index is 0.0147. The second kappa shape index (κ2) is 9.36. The second-order valence-electron chi connectivity index (χ2n) is 11.9. The van der Waals surface area contributed by atoms with E-state index in [2.05, 4.69) is 5.32 Å². The van der Waals surface area contributed by atoms with E-state index in [4.69, 9.17) is 5.73 Å². The van der Waals surface area contributed by atoms with Crippen molar-refractivity contribution >= 4 is 34.8 Å². The summed E-state index contributed by atoms with van der Waals surface area (Å²) in [7, 11) is 4.65. The number of aliphatic hydroxyl groups excluding tert-OH is 2. The van der Waals surface area contributed by atoms with Crippen LogP contribution >= 0.6 is 0 Å². The van der Waals surface area contributed by atoms with Crippen molar-refractivity contribution in [2.45, 2.75) is 50.9 Å². The standard InChI is InChI=1S/C28H33FN4O8/c1-9(2)19-27(40)31-18-12(8-33(19)5)17(29)11-6-10-7-13-20(32(3)4)23(36)16(26(30)39)25(38)28(13,41)24(37)14(10)21(34)15(11)22(18)35/h9-10,13,19-20,34-35,38,41H,6-8H2,1-5H3,(H2,30,39)(H,31,40)/t10-,13-,19?,20-,28-/m0/s1. The highest BCUT2D eigenvalue weighted by molar-refractivity contribution is 6.24. The SMILES string of the molecule is CC(C)C1C(=O)Nc2c(O)c3c(c(F)c2CN1C)C[C@H]1C[C@H]2[C@H](N(C)C)C(=O)C(C(N)=O)=C(O)[C@@]2(O)C(=O)C1=C3O. The lowest BCUT2D eigenvalue weighted by atomic mass is 9.57. The molecule has 2 amide bonds. The number of nitrogens with two attached hydrogens (primary N) is 1. The van der Waals surface area contributed by atoms with Crippen LogP contribution in [0.4, 0.5) is 10.1 Å². The van der Waals surface area contributed by atoms with Gasteiger partial charge in [-0.3, -0.25) is 29.0 Å². The Bertz CT molecular complexity index is 1500.